The first kappa shape index (κ1) is 13.8. The predicted octanol–water partition coefficient (Wildman–Crippen LogP) is 1.99. The SMILES string of the molecule is O=S(=O)(c1ccc(CO)cc1)N1CCc2sccc2C1. The Hall–Kier alpha value is -1.21. The Balaban J connectivity index is 1.88. The van der Waals surface area contributed by atoms with E-state index in [1.54, 1.807) is 35.6 Å². The van der Waals surface area contributed by atoms with Crippen molar-refractivity contribution in [2.24, 2.45) is 0 Å². The lowest BCUT2D eigenvalue weighted by Crippen LogP contribution is -2.35. The third-order valence-corrected chi connectivity index (χ3v) is 6.40. The summed E-state index contributed by atoms with van der Waals surface area (Å²) in [4.78, 5) is 1.57. The molecule has 20 heavy (non-hydrogen) atoms. The quantitative estimate of drug-likeness (QED) is 0.943. The van der Waals surface area contributed by atoms with Gasteiger partial charge in [-0.25, -0.2) is 8.42 Å². The molecule has 1 aliphatic heterocycles. The van der Waals surface area contributed by atoms with Crippen LogP contribution in [0.4, 0.5) is 0 Å². The van der Waals surface area contributed by atoms with E-state index in [1.165, 1.54) is 9.18 Å². The average molecular weight is 309 g/mol. The highest BCUT2D eigenvalue weighted by Gasteiger charge is 2.28. The van der Waals surface area contributed by atoms with Crippen LogP contribution in [0.1, 0.15) is 16.0 Å². The Kier molecular flexibility index (Phi) is 3.64. The highest BCUT2D eigenvalue weighted by atomic mass is 32.2. The second-order valence-corrected chi connectivity index (χ2v) is 7.70. The summed E-state index contributed by atoms with van der Waals surface area (Å²) in [6.45, 7) is 0.892. The van der Waals surface area contributed by atoms with E-state index in [1.807, 2.05) is 11.4 Å². The minimum atomic E-state index is -3.45. The number of sulfonamides is 1. The van der Waals surface area contributed by atoms with Gasteiger partial charge in [0.1, 0.15) is 0 Å². The zero-order valence-electron chi connectivity index (χ0n) is 10.8. The predicted molar refractivity (Wildman–Crippen MR) is 78.0 cm³/mol. The van der Waals surface area contributed by atoms with Gasteiger partial charge in [0.05, 0.1) is 11.5 Å². The van der Waals surface area contributed by atoms with Crippen LogP contribution in [0, 0.1) is 0 Å². The molecule has 2 aromatic rings. The van der Waals surface area contributed by atoms with Crippen molar-refractivity contribution < 1.29 is 13.5 Å². The van der Waals surface area contributed by atoms with E-state index in [4.69, 9.17) is 5.11 Å². The Morgan fingerprint density at radius 3 is 2.65 bits per heavy atom. The largest absolute Gasteiger partial charge is 0.392 e. The molecule has 1 aromatic carbocycles. The summed E-state index contributed by atoms with van der Waals surface area (Å²) >= 11 is 1.69. The maximum absolute atomic E-state index is 12.6. The summed E-state index contributed by atoms with van der Waals surface area (Å²) in [6.07, 6.45) is 0.779. The van der Waals surface area contributed by atoms with Gasteiger partial charge in [0.2, 0.25) is 10.0 Å². The van der Waals surface area contributed by atoms with E-state index in [0.29, 0.717) is 18.7 Å². The summed E-state index contributed by atoms with van der Waals surface area (Å²) in [5, 5.41) is 11.0. The number of fused-ring (bicyclic) bond motifs is 1. The van der Waals surface area contributed by atoms with Crippen molar-refractivity contribution in [3.05, 3.63) is 51.7 Å². The van der Waals surface area contributed by atoms with E-state index >= 15 is 0 Å². The Labute approximate surface area is 122 Å². The van der Waals surface area contributed by atoms with Crippen LogP contribution in [0.5, 0.6) is 0 Å². The third kappa shape index (κ3) is 2.40. The summed E-state index contributed by atoms with van der Waals surface area (Å²) in [5.41, 5.74) is 1.82. The van der Waals surface area contributed by atoms with Crippen molar-refractivity contribution in [1.82, 2.24) is 4.31 Å². The first-order valence-electron chi connectivity index (χ1n) is 6.36. The molecule has 0 saturated carbocycles. The fourth-order valence-corrected chi connectivity index (χ4v) is 4.65. The van der Waals surface area contributed by atoms with Gasteiger partial charge in [-0.3, -0.25) is 0 Å². The number of rotatable bonds is 3. The van der Waals surface area contributed by atoms with Gasteiger partial charge in [-0.05, 0) is 41.1 Å². The Morgan fingerprint density at radius 1 is 1.20 bits per heavy atom. The lowest BCUT2D eigenvalue weighted by atomic mass is 10.1. The highest BCUT2D eigenvalue weighted by molar-refractivity contribution is 7.89. The van der Waals surface area contributed by atoms with Gasteiger partial charge >= 0.3 is 0 Å². The number of hydrogen-bond donors (Lipinski definition) is 1. The van der Waals surface area contributed by atoms with E-state index < -0.39 is 10.0 Å². The first-order valence-corrected chi connectivity index (χ1v) is 8.68. The molecule has 0 aliphatic carbocycles. The first-order chi connectivity index (χ1) is 9.61. The molecule has 1 aromatic heterocycles. The molecule has 0 spiro atoms. The zero-order valence-corrected chi connectivity index (χ0v) is 12.5. The second kappa shape index (κ2) is 5.29. The molecule has 3 rings (SSSR count). The molecule has 6 heteroatoms. The zero-order chi connectivity index (χ0) is 14.2. The lowest BCUT2D eigenvalue weighted by Gasteiger charge is -2.26. The van der Waals surface area contributed by atoms with Crippen LogP contribution in [0.15, 0.2) is 40.6 Å². The lowest BCUT2D eigenvalue weighted by molar-refractivity contribution is 0.281. The van der Waals surface area contributed by atoms with Crippen molar-refractivity contribution in [2.45, 2.75) is 24.5 Å². The highest BCUT2D eigenvalue weighted by Crippen LogP contribution is 2.28. The van der Waals surface area contributed by atoms with Crippen molar-refractivity contribution in [3.63, 3.8) is 0 Å². The molecular weight excluding hydrogens is 294 g/mol. The molecule has 1 aliphatic rings. The number of nitrogens with zero attached hydrogens (tertiary/aromatic N) is 1. The number of thiophene rings is 1. The van der Waals surface area contributed by atoms with Crippen molar-refractivity contribution in [3.8, 4) is 0 Å². The number of aliphatic hydroxyl groups excluding tert-OH is 1. The average Bonchev–Trinajstić information content (AvgIpc) is 2.94. The molecule has 1 N–H and O–H groups in total. The minimum absolute atomic E-state index is 0.0810. The summed E-state index contributed by atoms with van der Waals surface area (Å²) < 4.78 is 26.7. The third-order valence-electron chi connectivity index (χ3n) is 3.52. The van der Waals surface area contributed by atoms with E-state index in [9.17, 15) is 8.42 Å². The second-order valence-electron chi connectivity index (χ2n) is 4.76. The Bertz CT molecular complexity index is 704. The summed E-state index contributed by atoms with van der Waals surface area (Å²) in [7, 11) is -3.45. The van der Waals surface area contributed by atoms with Crippen LogP contribution < -0.4 is 0 Å². The van der Waals surface area contributed by atoms with Gasteiger partial charge in [0.25, 0.3) is 0 Å². The maximum atomic E-state index is 12.6. The summed E-state index contributed by atoms with van der Waals surface area (Å²) in [5.74, 6) is 0. The molecule has 0 saturated heterocycles. The Morgan fingerprint density at radius 2 is 1.95 bits per heavy atom. The molecule has 0 amide bonds. The van der Waals surface area contributed by atoms with E-state index in [2.05, 4.69) is 0 Å². The molecule has 0 atom stereocenters. The van der Waals surface area contributed by atoms with Gasteiger partial charge in [0, 0.05) is 18.0 Å². The standard InChI is InChI=1S/C14H15NO3S2/c16-10-11-1-3-13(4-2-11)20(17,18)15-7-5-14-12(9-15)6-8-19-14/h1-4,6,8,16H,5,7,9-10H2. The van der Waals surface area contributed by atoms with E-state index in [-0.39, 0.29) is 11.5 Å². The fraction of sp³-hybridized carbons (Fsp3) is 0.286. The van der Waals surface area contributed by atoms with Gasteiger partial charge in [-0.15, -0.1) is 11.3 Å². The fourth-order valence-electron chi connectivity index (χ4n) is 2.34. The monoisotopic (exact) mass is 309 g/mol. The van der Waals surface area contributed by atoms with Gasteiger partial charge < -0.3 is 5.11 Å². The normalized spacial score (nSPS) is 16.1. The van der Waals surface area contributed by atoms with Crippen molar-refractivity contribution in [1.29, 1.82) is 0 Å². The van der Waals surface area contributed by atoms with Crippen molar-refractivity contribution in [2.75, 3.05) is 6.54 Å². The molecule has 0 fully saturated rings. The van der Waals surface area contributed by atoms with Gasteiger partial charge in [-0.2, -0.15) is 4.31 Å². The molecular formula is C14H15NO3S2. The number of hydrogen-bond acceptors (Lipinski definition) is 4. The topological polar surface area (TPSA) is 57.6 Å². The maximum Gasteiger partial charge on any atom is 0.243 e. The van der Waals surface area contributed by atoms with Crippen LogP contribution in [0.25, 0.3) is 0 Å². The van der Waals surface area contributed by atoms with E-state index in [0.717, 1.165) is 12.0 Å². The molecule has 0 radical (unpaired) electrons. The molecule has 2 heterocycles. The number of aliphatic hydroxyl groups is 1. The molecule has 0 bridgehead atoms. The van der Waals surface area contributed by atoms with Crippen LogP contribution >= 0.6 is 11.3 Å². The number of benzene rings is 1. The van der Waals surface area contributed by atoms with Gasteiger partial charge in [-0.1, -0.05) is 12.1 Å². The summed E-state index contributed by atoms with van der Waals surface area (Å²) in [6, 6.07) is 8.41. The van der Waals surface area contributed by atoms with Crippen LogP contribution in [0.2, 0.25) is 0 Å². The van der Waals surface area contributed by atoms with Crippen LogP contribution in [-0.4, -0.2) is 24.4 Å². The van der Waals surface area contributed by atoms with Crippen molar-refractivity contribution >= 4 is 21.4 Å². The minimum Gasteiger partial charge on any atom is -0.392 e. The molecule has 0 unspecified atom stereocenters. The smallest absolute Gasteiger partial charge is 0.243 e. The van der Waals surface area contributed by atoms with Crippen LogP contribution in [0.3, 0.4) is 0 Å². The van der Waals surface area contributed by atoms with Crippen LogP contribution in [-0.2, 0) is 29.6 Å². The molecule has 4 nitrogen and oxygen atoms in total. The van der Waals surface area contributed by atoms with Gasteiger partial charge in [0.15, 0.2) is 0 Å². The molecule has 106 valence electrons.